The van der Waals surface area contributed by atoms with Gasteiger partial charge in [-0.1, -0.05) is 65.7 Å². The molecule has 174 valence electrons. The van der Waals surface area contributed by atoms with E-state index in [1.807, 2.05) is 18.2 Å². The van der Waals surface area contributed by atoms with E-state index in [4.69, 9.17) is 27.9 Å². The number of aryl methyl sites for hydroxylation is 1. The van der Waals surface area contributed by atoms with Gasteiger partial charge in [0.05, 0.1) is 13.7 Å². The molecule has 33 heavy (non-hydrogen) atoms. The molecule has 9 heteroatoms. The van der Waals surface area contributed by atoms with E-state index >= 15 is 0 Å². The van der Waals surface area contributed by atoms with Crippen molar-refractivity contribution >= 4 is 39.1 Å². The number of nitrogens with one attached hydrogen (secondary N) is 1. The van der Waals surface area contributed by atoms with E-state index in [-0.39, 0.29) is 30.3 Å². The van der Waals surface area contributed by atoms with Crippen LogP contribution in [0.4, 0.5) is 0 Å². The van der Waals surface area contributed by atoms with E-state index in [9.17, 15) is 13.2 Å². The molecule has 0 aliphatic heterocycles. The molecule has 0 aliphatic rings. The van der Waals surface area contributed by atoms with E-state index in [1.165, 1.54) is 13.2 Å². The summed E-state index contributed by atoms with van der Waals surface area (Å²) < 4.78 is 33.6. The SMILES string of the molecule is COc1ccc(C)cc1S(=O)(=O)N(CC(=O)NCc1ccc(Cl)cc1Cl)Cc1ccccc1. The second kappa shape index (κ2) is 11.0. The summed E-state index contributed by atoms with van der Waals surface area (Å²) in [5, 5.41) is 3.64. The fraction of sp³-hybridized carbons (Fsp3) is 0.208. The highest BCUT2D eigenvalue weighted by Gasteiger charge is 2.30. The van der Waals surface area contributed by atoms with Gasteiger partial charge in [-0.3, -0.25) is 4.79 Å². The first kappa shape index (κ1) is 25.1. The van der Waals surface area contributed by atoms with Crippen LogP contribution in [-0.4, -0.2) is 32.3 Å². The van der Waals surface area contributed by atoms with Crippen LogP contribution in [0, 0.1) is 6.92 Å². The highest BCUT2D eigenvalue weighted by Crippen LogP contribution is 2.29. The molecule has 0 atom stereocenters. The third-order valence-corrected chi connectivity index (χ3v) is 7.35. The van der Waals surface area contributed by atoms with E-state index in [0.29, 0.717) is 15.6 Å². The molecular weight excluding hydrogens is 483 g/mol. The number of nitrogens with zero attached hydrogens (tertiary/aromatic N) is 1. The Hall–Kier alpha value is -2.58. The molecule has 0 spiro atoms. The summed E-state index contributed by atoms with van der Waals surface area (Å²) in [5.41, 5.74) is 2.18. The molecule has 1 N–H and O–H groups in total. The molecule has 3 aromatic carbocycles. The lowest BCUT2D eigenvalue weighted by Gasteiger charge is -2.23. The summed E-state index contributed by atoms with van der Waals surface area (Å²) in [6.07, 6.45) is 0. The lowest BCUT2D eigenvalue weighted by atomic mass is 10.2. The number of rotatable bonds is 9. The number of carbonyl (C=O) groups is 1. The summed E-state index contributed by atoms with van der Waals surface area (Å²) >= 11 is 12.1. The van der Waals surface area contributed by atoms with Crippen molar-refractivity contribution in [2.45, 2.75) is 24.9 Å². The topological polar surface area (TPSA) is 75.7 Å². The van der Waals surface area contributed by atoms with Crippen molar-refractivity contribution in [2.24, 2.45) is 0 Å². The Kier molecular flexibility index (Phi) is 8.37. The van der Waals surface area contributed by atoms with Crippen LogP contribution in [0.15, 0.2) is 71.6 Å². The lowest BCUT2D eigenvalue weighted by molar-refractivity contribution is -0.121. The van der Waals surface area contributed by atoms with Crippen LogP contribution in [0.1, 0.15) is 16.7 Å². The Morgan fingerprint density at radius 3 is 2.42 bits per heavy atom. The van der Waals surface area contributed by atoms with Gasteiger partial charge in [0.2, 0.25) is 15.9 Å². The molecule has 0 heterocycles. The van der Waals surface area contributed by atoms with Crippen molar-refractivity contribution in [1.82, 2.24) is 9.62 Å². The third kappa shape index (κ3) is 6.48. The molecule has 0 aliphatic carbocycles. The van der Waals surface area contributed by atoms with E-state index in [1.54, 1.807) is 49.4 Å². The maximum absolute atomic E-state index is 13.6. The first-order valence-corrected chi connectivity index (χ1v) is 12.3. The smallest absolute Gasteiger partial charge is 0.247 e. The van der Waals surface area contributed by atoms with Gasteiger partial charge in [-0.05, 0) is 47.9 Å². The number of amides is 1. The average Bonchev–Trinajstić information content (AvgIpc) is 2.78. The minimum absolute atomic E-state index is 0.00877. The van der Waals surface area contributed by atoms with Gasteiger partial charge < -0.3 is 10.1 Å². The predicted molar refractivity (Wildman–Crippen MR) is 130 cm³/mol. The maximum Gasteiger partial charge on any atom is 0.247 e. The molecular formula is C24H24Cl2N2O4S. The predicted octanol–water partition coefficient (Wildman–Crippen LogP) is 4.82. The Bertz CT molecular complexity index is 1230. The van der Waals surface area contributed by atoms with Gasteiger partial charge in [0, 0.05) is 23.1 Å². The number of hydrogen-bond donors (Lipinski definition) is 1. The number of sulfonamides is 1. The second-order valence-corrected chi connectivity index (χ2v) is 10.2. The number of benzene rings is 3. The van der Waals surface area contributed by atoms with Crippen molar-refractivity contribution in [2.75, 3.05) is 13.7 Å². The van der Waals surface area contributed by atoms with Gasteiger partial charge in [0.1, 0.15) is 10.6 Å². The van der Waals surface area contributed by atoms with Gasteiger partial charge in [-0.15, -0.1) is 0 Å². The third-order valence-electron chi connectivity index (χ3n) is 4.95. The summed E-state index contributed by atoms with van der Waals surface area (Å²) in [6.45, 7) is 1.58. The molecule has 0 saturated carbocycles. The van der Waals surface area contributed by atoms with E-state index < -0.39 is 15.9 Å². The monoisotopic (exact) mass is 506 g/mol. The molecule has 0 fully saturated rings. The van der Waals surface area contributed by atoms with Crippen molar-refractivity contribution in [3.8, 4) is 5.75 Å². The summed E-state index contributed by atoms with van der Waals surface area (Å²) in [6, 6.07) is 19.0. The first-order chi connectivity index (χ1) is 15.7. The summed E-state index contributed by atoms with van der Waals surface area (Å²) in [7, 11) is -2.64. The van der Waals surface area contributed by atoms with Crippen LogP contribution in [0.5, 0.6) is 5.75 Å². The maximum atomic E-state index is 13.6. The molecule has 3 aromatic rings. The highest BCUT2D eigenvalue weighted by molar-refractivity contribution is 7.89. The van der Waals surface area contributed by atoms with Gasteiger partial charge in [0.25, 0.3) is 0 Å². The van der Waals surface area contributed by atoms with Gasteiger partial charge >= 0.3 is 0 Å². The lowest BCUT2D eigenvalue weighted by Crippen LogP contribution is -2.40. The zero-order chi connectivity index (χ0) is 24.0. The van der Waals surface area contributed by atoms with Crippen LogP contribution in [-0.2, 0) is 27.9 Å². The van der Waals surface area contributed by atoms with Crippen molar-refractivity contribution < 1.29 is 17.9 Å². The first-order valence-electron chi connectivity index (χ1n) is 10.1. The molecule has 6 nitrogen and oxygen atoms in total. The fourth-order valence-electron chi connectivity index (χ4n) is 3.21. The zero-order valence-electron chi connectivity index (χ0n) is 18.2. The van der Waals surface area contributed by atoms with Gasteiger partial charge in [0.15, 0.2) is 0 Å². The highest BCUT2D eigenvalue weighted by atomic mass is 35.5. The molecule has 1 amide bonds. The Balaban J connectivity index is 1.86. The standard InChI is InChI=1S/C24H24Cl2N2O4S/c1-17-8-11-22(32-2)23(12-17)33(30,31)28(15-18-6-4-3-5-7-18)16-24(29)27-14-19-9-10-20(25)13-21(19)26/h3-13H,14-16H2,1-2H3,(H,27,29). The molecule has 0 bridgehead atoms. The summed E-state index contributed by atoms with van der Waals surface area (Å²) in [4.78, 5) is 12.8. The second-order valence-electron chi connectivity index (χ2n) is 7.43. The Labute approximate surface area is 204 Å². The Morgan fingerprint density at radius 1 is 1.03 bits per heavy atom. The minimum Gasteiger partial charge on any atom is -0.495 e. The molecule has 3 rings (SSSR count). The largest absolute Gasteiger partial charge is 0.495 e. The minimum atomic E-state index is -4.05. The van der Waals surface area contributed by atoms with E-state index in [0.717, 1.165) is 15.4 Å². The van der Waals surface area contributed by atoms with Crippen LogP contribution >= 0.6 is 23.2 Å². The normalized spacial score (nSPS) is 11.4. The molecule has 0 saturated heterocycles. The van der Waals surface area contributed by atoms with Crippen LogP contribution < -0.4 is 10.1 Å². The van der Waals surface area contributed by atoms with Crippen LogP contribution in [0.2, 0.25) is 10.0 Å². The molecule has 0 aromatic heterocycles. The Morgan fingerprint density at radius 2 is 1.76 bits per heavy atom. The quantitative estimate of drug-likeness (QED) is 0.451. The number of carbonyl (C=O) groups excluding carboxylic acids is 1. The fourth-order valence-corrected chi connectivity index (χ4v) is 5.31. The van der Waals surface area contributed by atoms with Crippen molar-refractivity contribution in [1.29, 1.82) is 0 Å². The number of ether oxygens (including phenoxy) is 1. The molecule has 0 unspecified atom stereocenters. The number of halogens is 2. The van der Waals surface area contributed by atoms with E-state index in [2.05, 4.69) is 5.32 Å². The number of hydrogen-bond acceptors (Lipinski definition) is 4. The van der Waals surface area contributed by atoms with Gasteiger partial charge in [-0.2, -0.15) is 4.31 Å². The van der Waals surface area contributed by atoms with Crippen LogP contribution in [0.25, 0.3) is 0 Å². The average molecular weight is 507 g/mol. The molecule has 0 radical (unpaired) electrons. The van der Waals surface area contributed by atoms with Crippen LogP contribution in [0.3, 0.4) is 0 Å². The zero-order valence-corrected chi connectivity index (χ0v) is 20.5. The van der Waals surface area contributed by atoms with Gasteiger partial charge in [-0.25, -0.2) is 8.42 Å². The van der Waals surface area contributed by atoms with Crippen molar-refractivity contribution in [3.63, 3.8) is 0 Å². The summed E-state index contributed by atoms with van der Waals surface area (Å²) in [5.74, 6) is -0.251. The van der Waals surface area contributed by atoms with Crippen molar-refractivity contribution in [3.05, 3.63) is 93.5 Å². The number of methoxy groups -OCH3 is 1.